The normalized spacial score (nSPS) is 20.5. The number of carbonyl (C=O) groups excluding carboxylic acids is 1. The molecule has 2 N–H and O–H groups in total. The van der Waals surface area contributed by atoms with Crippen LogP contribution in [0.4, 0.5) is 0 Å². The Labute approximate surface area is 122 Å². The topological polar surface area (TPSA) is 66.4 Å². The average Bonchev–Trinajstić information content (AvgIpc) is 2.47. The van der Waals surface area contributed by atoms with Crippen molar-refractivity contribution in [2.75, 3.05) is 0 Å². The lowest BCUT2D eigenvalue weighted by atomic mass is 9.81. The second-order valence-corrected chi connectivity index (χ2v) is 5.26. The summed E-state index contributed by atoms with van der Waals surface area (Å²) >= 11 is 0. The maximum Gasteiger partial charge on any atom is 0.313 e. The van der Waals surface area contributed by atoms with Crippen molar-refractivity contribution >= 4 is 11.9 Å². The summed E-state index contributed by atoms with van der Waals surface area (Å²) in [5.41, 5.74) is 2.90. The number of carboxylic acid groups (broad SMARTS) is 1. The van der Waals surface area contributed by atoms with Crippen molar-refractivity contribution in [3.05, 3.63) is 70.8 Å². The van der Waals surface area contributed by atoms with Gasteiger partial charge in [0.05, 0.1) is 6.04 Å². The van der Waals surface area contributed by atoms with Crippen LogP contribution in [0, 0.1) is 6.92 Å². The van der Waals surface area contributed by atoms with Crippen molar-refractivity contribution < 1.29 is 14.7 Å². The predicted octanol–water partition coefficient (Wildman–Crippen LogP) is 2.65. The molecule has 0 fully saturated rings. The molecule has 3 rings (SSSR count). The predicted molar refractivity (Wildman–Crippen MR) is 78.2 cm³/mol. The molecule has 0 saturated heterocycles. The van der Waals surface area contributed by atoms with Crippen molar-refractivity contribution in [3.8, 4) is 0 Å². The lowest BCUT2D eigenvalue weighted by molar-refractivity contribution is -0.139. The van der Waals surface area contributed by atoms with Crippen LogP contribution in [0.2, 0.25) is 0 Å². The average molecular weight is 281 g/mol. The van der Waals surface area contributed by atoms with Crippen LogP contribution < -0.4 is 5.32 Å². The van der Waals surface area contributed by atoms with Crippen LogP contribution in [0.5, 0.6) is 0 Å². The molecule has 21 heavy (non-hydrogen) atoms. The Morgan fingerprint density at radius 2 is 1.76 bits per heavy atom. The Balaban J connectivity index is 2.11. The fourth-order valence-corrected chi connectivity index (χ4v) is 2.78. The Bertz CT molecular complexity index is 706. The van der Waals surface area contributed by atoms with Crippen molar-refractivity contribution in [2.24, 2.45) is 0 Å². The number of hydrogen-bond donors (Lipinski definition) is 2. The summed E-state index contributed by atoms with van der Waals surface area (Å²) in [4.78, 5) is 23.9. The quantitative estimate of drug-likeness (QED) is 0.889. The molecular formula is C17H15NO3. The fourth-order valence-electron chi connectivity index (χ4n) is 2.78. The zero-order valence-electron chi connectivity index (χ0n) is 11.5. The maximum atomic E-state index is 12.2. The number of nitrogens with one attached hydrogen (secondary N) is 1. The van der Waals surface area contributed by atoms with E-state index in [1.165, 1.54) is 0 Å². The molecule has 0 aliphatic carbocycles. The van der Waals surface area contributed by atoms with Crippen LogP contribution in [-0.2, 0) is 4.79 Å². The summed E-state index contributed by atoms with van der Waals surface area (Å²) in [6.45, 7) is 1.97. The summed E-state index contributed by atoms with van der Waals surface area (Å²) < 4.78 is 0. The summed E-state index contributed by atoms with van der Waals surface area (Å²) in [7, 11) is 0. The first-order valence-electron chi connectivity index (χ1n) is 6.77. The van der Waals surface area contributed by atoms with E-state index in [0.717, 1.165) is 11.1 Å². The van der Waals surface area contributed by atoms with Gasteiger partial charge in [-0.25, -0.2) is 0 Å². The lowest BCUT2D eigenvalue weighted by Gasteiger charge is -2.31. The van der Waals surface area contributed by atoms with E-state index in [9.17, 15) is 14.7 Å². The number of carbonyl (C=O) groups is 2. The molecule has 0 radical (unpaired) electrons. The molecule has 1 heterocycles. The highest BCUT2D eigenvalue weighted by Crippen LogP contribution is 2.37. The van der Waals surface area contributed by atoms with E-state index in [2.05, 4.69) is 5.32 Å². The number of fused-ring (bicyclic) bond motifs is 1. The van der Waals surface area contributed by atoms with Gasteiger partial charge in [-0.2, -0.15) is 0 Å². The largest absolute Gasteiger partial charge is 0.481 e. The third kappa shape index (κ3) is 2.29. The molecule has 4 nitrogen and oxygen atoms in total. The second-order valence-electron chi connectivity index (χ2n) is 5.26. The maximum absolute atomic E-state index is 12.2. The van der Waals surface area contributed by atoms with Gasteiger partial charge in [-0.1, -0.05) is 48.0 Å². The van der Waals surface area contributed by atoms with Crippen LogP contribution in [0.1, 0.15) is 39.0 Å². The fraction of sp³-hybridized carbons (Fsp3) is 0.176. The third-order valence-electron chi connectivity index (χ3n) is 3.86. The highest BCUT2D eigenvalue weighted by molar-refractivity contribution is 6.00. The Morgan fingerprint density at radius 3 is 2.43 bits per heavy atom. The zero-order valence-corrected chi connectivity index (χ0v) is 11.5. The smallest absolute Gasteiger partial charge is 0.313 e. The van der Waals surface area contributed by atoms with Gasteiger partial charge in [0.15, 0.2) is 0 Å². The van der Waals surface area contributed by atoms with E-state index in [4.69, 9.17) is 0 Å². The molecule has 1 amide bonds. The lowest BCUT2D eigenvalue weighted by Crippen LogP contribution is -2.41. The summed E-state index contributed by atoms with van der Waals surface area (Å²) in [6.07, 6.45) is 0. The molecule has 1 aliphatic rings. The van der Waals surface area contributed by atoms with E-state index >= 15 is 0 Å². The van der Waals surface area contributed by atoms with E-state index < -0.39 is 17.9 Å². The summed E-state index contributed by atoms with van der Waals surface area (Å²) in [5.74, 6) is -1.94. The van der Waals surface area contributed by atoms with Crippen molar-refractivity contribution in [3.63, 3.8) is 0 Å². The standard InChI is InChI=1S/C17H15NO3/c1-10-6-8-11(9-7-10)15-14(17(20)21)12-4-2-3-5-13(12)16(19)18-15/h2-9,14-15H,1H3,(H,18,19)(H,20,21)/t14-,15+/m1/s1. The van der Waals surface area contributed by atoms with Crippen LogP contribution in [0.25, 0.3) is 0 Å². The van der Waals surface area contributed by atoms with Gasteiger partial charge in [0.1, 0.15) is 5.92 Å². The molecule has 0 aromatic heterocycles. The van der Waals surface area contributed by atoms with E-state index in [0.29, 0.717) is 11.1 Å². The zero-order chi connectivity index (χ0) is 15.0. The molecule has 0 spiro atoms. The van der Waals surface area contributed by atoms with Gasteiger partial charge >= 0.3 is 5.97 Å². The number of hydrogen-bond acceptors (Lipinski definition) is 2. The second kappa shape index (κ2) is 5.05. The molecule has 4 heteroatoms. The number of aliphatic carboxylic acids is 1. The van der Waals surface area contributed by atoms with Crippen molar-refractivity contribution in [2.45, 2.75) is 18.9 Å². The van der Waals surface area contributed by atoms with Gasteiger partial charge in [0, 0.05) is 5.56 Å². The van der Waals surface area contributed by atoms with Crippen LogP contribution in [0.3, 0.4) is 0 Å². The van der Waals surface area contributed by atoms with Crippen LogP contribution in [-0.4, -0.2) is 17.0 Å². The van der Waals surface area contributed by atoms with Gasteiger partial charge < -0.3 is 10.4 Å². The SMILES string of the molecule is Cc1ccc([C@@H]2NC(=O)c3ccccc3[C@H]2C(=O)O)cc1. The highest BCUT2D eigenvalue weighted by atomic mass is 16.4. The monoisotopic (exact) mass is 281 g/mol. The molecule has 0 saturated carbocycles. The van der Waals surface area contributed by atoms with Crippen LogP contribution in [0.15, 0.2) is 48.5 Å². The number of carboxylic acids is 1. The minimum Gasteiger partial charge on any atom is -0.481 e. The van der Waals surface area contributed by atoms with E-state index in [1.807, 2.05) is 31.2 Å². The Kier molecular flexibility index (Phi) is 3.22. The van der Waals surface area contributed by atoms with Crippen LogP contribution >= 0.6 is 0 Å². The van der Waals surface area contributed by atoms with Gasteiger partial charge in [-0.15, -0.1) is 0 Å². The van der Waals surface area contributed by atoms with Gasteiger partial charge in [0.25, 0.3) is 5.91 Å². The Hall–Kier alpha value is -2.62. The molecular weight excluding hydrogens is 266 g/mol. The van der Waals surface area contributed by atoms with Gasteiger partial charge in [0.2, 0.25) is 0 Å². The minimum atomic E-state index is -0.937. The Morgan fingerprint density at radius 1 is 1.10 bits per heavy atom. The minimum absolute atomic E-state index is 0.228. The molecule has 2 aromatic carbocycles. The number of rotatable bonds is 2. The third-order valence-corrected chi connectivity index (χ3v) is 3.86. The van der Waals surface area contributed by atoms with E-state index in [1.54, 1.807) is 24.3 Å². The van der Waals surface area contributed by atoms with E-state index in [-0.39, 0.29) is 5.91 Å². The first-order valence-corrected chi connectivity index (χ1v) is 6.77. The summed E-state index contributed by atoms with van der Waals surface area (Å²) in [6, 6.07) is 13.9. The molecule has 106 valence electrons. The molecule has 2 aromatic rings. The molecule has 0 bridgehead atoms. The van der Waals surface area contributed by atoms with Crippen molar-refractivity contribution in [1.82, 2.24) is 5.32 Å². The number of amides is 1. The van der Waals surface area contributed by atoms with Gasteiger partial charge in [-0.05, 0) is 24.1 Å². The first kappa shape index (κ1) is 13.4. The van der Waals surface area contributed by atoms with Crippen molar-refractivity contribution in [1.29, 1.82) is 0 Å². The summed E-state index contributed by atoms with van der Waals surface area (Å²) in [5, 5.41) is 12.4. The molecule has 2 atom stereocenters. The first-order chi connectivity index (χ1) is 10.1. The number of benzene rings is 2. The molecule has 0 unspecified atom stereocenters. The number of aryl methyl sites for hydroxylation is 1. The van der Waals surface area contributed by atoms with Gasteiger partial charge in [-0.3, -0.25) is 9.59 Å². The molecule has 1 aliphatic heterocycles. The highest BCUT2D eigenvalue weighted by Gasteiger charge is 2.38.